The molecule has 0 amide bonds. The number of hydrogen-bond donors (Lipinski definition) is 0. The molecular formula is C39H27N3. The highest BCUT2D eigenvalue weighted by Crippen LogP contribution is 2.49. The van der Waals surface area contributed by atoms with Gasteiger partial charge in [-0.15, -0.1) is 0 Å². The number of nitrogens with zero attached hydrogens (tertiary/aromatic N) is 3. The van der Waals surface area contributed by atoms with Crippen LogP contribution in [0.25, 0.3) is 71.8 Å². The van der Waals surface area contributed by atoms with Crippen LogP contribution in [0, 0.1) is 0 Å². The Bertz CT molecular complexity index is 2390. The third-order valence-corrected chi connectivity index (χ3v) is 9.14. The van der Waals surface area contributed by atoms with Gasteiger partial charge in [-0.25, -0.2) is 9.97 Å². The van der Waals surface area contributed by atoms with Gasteiger partial charge >= 0.3 is 0 Å². The summed E-state index contributed by atoms with van der Waals surface area (Å²) in [6, 6.07) is 45.7. The van der Waals surface area contributed by atoms with Crippen molar-refractivity contribution in [2.75, 3.05) is 0 Å². The van der Waals surface area contributed by atoms with Gasteiger partial charge in [-0.3, -0.25) is 0 Å². The average molecular weight is 538 g/mol. The predicted octanol–water partition coefficient (Wildman–Crippen LogP) is 9.85. The maximum Gasteiger partial charge on any atom is 0.0710 e. The summed E-state index contributed by atoms with van der Waals surface area (Å²) in [4.78, 5) is 10.1. The molecule has 4 heterocycles. The zero-order valence-corrected chi connectivity index (χ0v) is 23.5. The van der Waals surface area contributed by atoms with Crippen LogP contribution in [0.4, 0.5) is 0 Å². The molecule has 0 atom stereocenters. The molecule has 0 radical (unpaired) electrons. The van der Waals surface area contributed by atoms with Crippen molar-refractivity contribution in [2.45, 2.75) is 19.3 Å². The lowest BCUT2D eigenvalue weighted by Crippen LogP contribution is -2.26. The molecule has 0 bridgehead atoms. The first-order valence-corrected chi connectivity index (χ1v) is 14.5. The number of rotatable bonds is 2. The summed E-state index contributed by atoms with van der Waals surface area (Å²) in [7, 11) is 0. The monoisotopic (exact) mass is 537 g/mol. The Hall–Kier alpha value is -5.28. The summed E-state index contributed by atoms with van der Waals surface area (Å²) in [6.45, 7) is 4.70. The van der Waals surface area contributed by atoms with Crippen molar-refractivity contribution < 1.29 is 0 Å². The van der Waals surface area contributed by atoms with Crippen LogP contribution < -0.4 is 0 Å². The fourth-order valence-electron chi connectivity index (χ4n) is 6.98. The van der Waals surface area contributed by atoms with E-state index in [0.717, 1.165) is 44.3 Å². The number of hydrogen-bond acceptors (Lipinski definition) is 2. The molecule has 8 aromatic rings. The van der Waals surface area contributed by atoms with E-state index in [1.54, 1.807) is 0 Å². The molecule has 0 fully saturated rings. The molecule has 0 aliphatic carbocycles. The summed E-state index contributed by atoms with van der Waals surface area (Å²) in [5, 5.41) is 4.79. The largest absolute Gasteiger partial charge is 0.309 e. The third kappa shape index (κ3) is 3.22. The van der Waals surface area contributed by atoms with E-state index in [-0.39, 0.29) is 5.41 Å². The summed E-state index contributed by atoms with van der Waals surface area (Å²) < 4.78 is 2.47. The van der Waals surface area contributed by atoms with Crippen molar-refractivity contribution >= 4 is 43.6 Å². The standard InChI is InChI=1S/C39H27N3/c1-39(2)30-11-5-8-14-37(30)42-36-20-17-26(34-18-15-24-9-3-6-12-32(24)40-34)21-28(36)29-22-27(23-31(39)38(29)42)35-19-16-25-10-4-7-13-33(25)41-35/h3-23H,1-2H3. The molecule has 1 aliphatic heterocycles. The van der Waals surface area contributed by atoms with E-state index < -0.39 is 0 Å². The van der Waals surface area contributed by atoms with Crippen LogP contribution in [-0.4, -0.2) is 14.5 Å². The highest BCUT2D eigenvalue weighted by atomic mass is 15.0. The van der Waals surface area contributed by atoms with Crippen LogP contribution in [0.15, 0.2) is 127 Å². The summed E-state index contributed by atoms with van der Waals surface area (Å²) >= 11 is 0. The Balaban J connectivity index is 1.37. The van der Waals surface area contributed by atoms with Gasteiger partial charge in [0, 0.05) is 38.1 Å². The summed E-state index contributed by atoms with van der Waals surface area (Å²) in [5.41, 5.74) is 12.5. The molecule has 0 saturated heterocycles. The van der Waals surface area contributed by atoms with Crippen LogP contribution in [-0.2, 0) is 5.41 Å². The molecule has 9 rings (SSSR count). The van der Waals surface area contributed by atoms with E-state index in [9.17, 15) is 0 Å². The molecule has 0 N–H and O–H groups in total. The zero-order valence-electron chi connectivity index (χ0n) is 23.5. The first-order chi connectivity index (χ1) is 20.6. The maximum absolute atomic E-state index is 5.10. The quantitative estimate of drug-likeness (QED) is 0.220. The van der Waals surface area contributed by atoms with Gasteiger partial charge in [-0.2, -0.15) is 0 Å². The minimum absolute atomic E-state index is 0.172. The number of pyridine rings is 2. The number of aromatic nitrogens is 3. The predicted molar refractivity (Wildman–Crippen MR) is 174 cm³/mol. The molecule has 3 aromatic heterocycles. The highest BCUT2D eigenvalue weighted by Gasteiger charge is 2.35. The lowest BCUT2D eigenvalue weighted by molar-refractivity contribution is 0.630. The normalized spacial score (nSPS) is 13.7. The van der Waals surface area contributed by atoms with Gasteiger partial charge in [0.05, 0.1) is 39.1 Å². The Morgan fingerprint density at radius 2 is 1.14 bits per heavy atom. The second-order valence-corrected chi connectivity index (χ2v) is 11.9. The van der Waals surface area contributed by atoms with Gasteiger partial charge in [0.2, 0.25) is 0 Å². The lowest BCUT2D eigenvalue weighted by Gasteiger charge is -2.35. The molecule has 198 valence electrons. The third-order valence-electron chi connectivity index (χ3n) is 9.14. The number of benzene rings is 5. The first-order valence-electron chi connectivity index (χ1n) is 14.5. The highest BCUT2D eigenvalue weighted by molar-refractivity contribution is 6.14. The molecule has 3 nitrogen and oxygen atoms in total. The Labute approximate surface area is 243 Å². The van der Waals surface area contributed by atoms with Gasteiger partial charge in [0.1, 0.15) is 0 Å². The lowest BCUT2D eigenvalue weighted by atomic mass is 9.74. The van der Waals surface area contributed by atoms with E-state index in [1.165, 1.54) is 38.6 Å². The maximum atomic E-state index is 5.10. The van der Waals surface area contributed by atoms with Gasteiger partial charge in [0.25, 0.3) is 0 Å². The molecular weight excluding hydrogens is 510 g/mol. The van der Waals surface area contributed by atoms with Crippen molar-refractivity contribution in [1.82, 2.24) is 14.5 Å². The van der Waals surface area contributed by atoms with Crippen LogP contribution in [0.2, 0.25) is 0 Å². The van der Waals surface area contributed by atoms with Crippen LogP contribution in [0.1, 0.15) is 25.0 Å². The SMILES string of the molecule is CC1(C)c2ccccc2-n2c3ccc(-c4ccc5ccccc5n4)cc3c3cc(-c4ccc5ccccc5n4)cc1c32. The second-order valence-electron chi connectivity index (χ2n) is 11.9. The molecule has 5 aromatic carbocycles. The van der Waals surface area contributed by atoms with E-state index in [2.05, 4.69) is 146 Å². The van der Waals surface area contributed by atoms with Crippen LogP contribution in [0.3, 0.4) is 0 Å². The number of para-hydroxylation sites is 3. The Morgan fingerprint density at radius 3 is 1.88 bits per heavy atom. The zero-order chi connectivity index (χ0) is 28.0. The van der Waals surface area contributed by atoms with Crippen LogP contribution >= 0.6 is 0 Å². The van der Waals surface area contributed by atoms with Crippen molar-refractivity contribution in [3.05, 3.63) is 139 Å². The molecule has 0 saturated carbocycles. The van der Waals surface area contributed by atoms with E-state index in [0.29, 0.717) is 0 Å². The van der Waals surface area contributed by atoms with Gasteiger partial charge in [-0.05, 0) is 65.7 Å². The molecule has 0 spiro atoms. The van der Waals surface area contributed by atoms with Crippen molar-refractivity contribution in [3.8, 4) is 28.2 Å². The molecule has 3 heteroatoms. The Kier molecular flexibility index (Phi) is 4.67. The first kappa shape index (κ1) is 23.4. The average Bonchev–Trinajstić information content (AvgIpc) is 3.37. The van der Waals surface area contributed by atoms with Crippen LogP contribution in [0.5, 0.6) is 0 Å². The Morgan fingerprint density at radius 1 is 0.524 bits per heavy atom. The second kappa shape index (κ2) is 8.37. The van der Waals surface area contributed by atoms with Gasteiger partial charge in [-0.1, -0.05) is 86.6 Å². The van der Waals surface area contributed by atoms with E-state index in [1.807, 2.05) is 0 Å². The van der Waals surface area contributed by atoms with E-state index in [4.69, 9.17) is 9.97 Å². The fraction of sp³-hybridized carbons (Fsp3) is 0.0769. The van der Waals surface area contributed by atoms with E-state index >= 15 is 0 Å². The van der Waals surface area contributed by atoms with Crippen molar-refractivity contribution in [1.29, 1.82) is 0 Å². The summed E-state index contributed by atoms with van der Waals surface area (Å²) in [5.74, 6) is 0. The minimum Gasteiger partial charge on any atom is -0.309 e. The van der Waals surface area contributed by atoms with Crippen molar-refractivity contribution in [3.63, 3.8) is 0 Å². The minimum atomic E-state index is -0.172. The topological polar surface area (TPSA) is 30.7 Å². The summed E-state index contributed by atoms with van der Waals surface area (Å²) in [6.07, 6.45) is 0. The molecule has 42 heavy (non-hydrogen) atoms. The van der Waals surface area contributed by atoms with Crippen molar-refractivity contribution in [2.24, 2.45) is 0 Å². The number of fused-ring (bicyclic) bond motifs is 7. The fourth-order valence-corrected chi connectivity index (χ4v) is 6.98. The molecule has 1 aliphatic rings. The smallest absolute Gasteiger partial charge is 0.0710 e. The van der Waals surface area contributed by atoms with Gasteiger partial charge < -0.3 is 4.57 Å². The molecule has 0 unspecified atom stereocenters. The van der Waals surface area contributed by atoms with Gasteiger partial charge in [0.15, 0.2) is 0 Å².